The van der Waals surface area contributed by atoms with E-state index in [2.05, 4.69) is 4.74 Å². The molecule has 0 aliphatic carbocycles. The van der Waals surface area contributed by atoms with Crippen LogP contribution in [0.1, 0.15) is 26.2 Å². The Morgan fingerprint density at radius 1 is 1.33 bits per heavy atom. The Kier molecular flexibility index (Phi) is 7.33. The van der Waals surface area contributed by atoms with Crippen molar-refractivity contribution in [3.05, 3.63) is 0 Å². The number of unbranched alkanes of at least 4 members (excludes halogenated alkanes) is 1. The molecular weight excluding hydrogens is 253 g/mol. The van der Waals surface area contributed by atoms with Crippen LogP contribution in [0.2, 0.25) is 0 Å². The largest absolute Gasteiger partial charge is 0.471 e. The minimum absolute atomic E-state index is 0.103. The van der Waals surface area contributed by atoms with E-state index in [-0.39, 0.29) is 13.2 Å². The van der Waals surface area contributed by atoms with Crippen LogP contribution in [0, 0.1) is 0 Å². The van der Waals surface area contributed by atoms with Gasteiger partial charge in [-0.05, 0) is 26.2 Å². The Bertz CT molecular complexity index is 282. The second kappa shape index (κ2) is 7.91. The molecule has 0 bridgehead atoms. The monoisotopic (exact) mass is 270 g/mol. The summed E-state index contributed by atoms with van der Waals surface area (Å²) in [5, 5.41) is 1.73. The van der Waals surface area contributed by atoms with E-state index in [0.29, 0.717) is 19.3 Å². The zero-order chi connectivity index (χ0) is 14.2. The average Bonchev–Trinajstić information content (AvgIpc) is 2.27. The van der Waals surface area contributed by atoms with Crippen molar-refractivity contribution in [3.63, 3.8) is 0 Å². The van der Waals surface area contributed by atoms with Crippen molar-refractivity contribution in [1.29, 1.82) is 0 Å². The fraction of sp³-hybridized carbons (Fsp3) is 0.800. The van der Waals surface area contributed by atoms with Gasteiger partial charge in [-0.3, -0.25) is 9.59 Å². The number of nitrogens with one attached hydrogen (secondary N) is 1. The van der Waals surface area contributed by atoms with Gasteiger partial charge in [0.15, 0.2) is 0 Å². The number of hydrogen-bond donors (Lipinski definition) is 2. The SMILES string of the molecule is CCOC(=O)C(N)CCCCNC(=O)C(F)(F)F. The quantitative estimate of drug-likeness (QED) is 0.527. The number of rotatable bonds is 7. The third-order valence-corrected chi connectivity index (χ3v) is 2.07. The second-order valence-corrected chi connectivity index (χ2v) is 3.61. The average molecular weight is 270 g/mol. The van der Waals surface area contributed by atoms with Crippen molar-refractivity contribution in [2.45, 2.75) is 38.4 Å². The molecule has 0 spiro atoms. The van der Waals surface area contributed by atoms with Crippen LogP contribution < -0.4 is 11.1 Å². The van der Waals surface area contributed by atoms with Gasteiger partial charge in [0.05, 0.1) is 6.61 Å². The van der Waals surface area contributed by atoms with E-state index >= 15 is 0 Å². The molecule has 0 saturated carbocycles. The van der Waals surface area contributed by atoms with Crippen LogP contribution in [0.4, 0.5) is 13.2 Å². The van der Waals surface area contributed by atoms with Crippen LogP contribution in [0.5, 0.6) is 0 Å². The summed E-state index contributed by atoms with van der Waals surface area (Å²) >= 11 is 0. The Morgan fingerprint density at radius 2 is 1.94 bits per heavy atom. The Morgan fingerprint density at radius 3 is 2.44 bits per heavy atom. The van der Waals surface area contributed by atoms with Gasteiger partial charge in [0.2, 0.25) is 0 Å². The minimum Gasteiger partial charge on any atom is -0.465 e. The molecule has 0 aromatic carbocycles. The van der Waals surface area contributed by atoms with Crippen molar-refractivity contribution in [3.8, 4) is 0 Å². The first-order valence-corrected chi connectivity index (χ1v) is 5.56. The summed E-state index contributed by atoms with van der Waals surface area (Å²) in [5.74, 6) is -2.49. The maximum atomic E-state index is 11.8. The first-order chi connectivity index (χ1) is 8.29. The molecule has 0 aromatic heterocycles. The normalized spacial score (nSPS) is 12.9. The van der Waals surface area contributed by atoms with Gasteiger partial charge in [-0.1, -0.05) is 0 Å². The molecule has 0 aromatic rings. The molecular formula is C10H17F3N2O3. The Labute approximate surface area is 103 Å². The summed E-state index contributed by atoms with van der Waals surface area (Å²) in [5.41, 5.74) is 5.47. The molecule has 1 unspecified atom stereocenters. The van der Waals surface area contributed by atoms with E-state index in [4.69, 9.17) is 5.73 Å². The van der Waals surface area contributed by atoms with Crippen LogP contribution in [-0.2, 0) is 14.3 Å². The highest BCUT2D eigenvalue weighted by Crippen LogP contribution is 2.14. The van der Waals surface area contributed by atoms with Crippen molar-refractivity contribution < 1.29 is 27.5 Å². The maximum Gasteiger partial charge on any atom is 0.471 e. The third-order valence-electron chi connectivity index (χ3n) is 2.07. The summed E-state index contributed by atoms with van der Waals surface area (Å²) in [4.78, 5) is 21.5. The van der Waals surface area contributed by atoms with E-state index < -0.39 is 24.1 Å². The van der Waals surface area contributed by atoms with Crippen molar-refractivity contribution in [2.75, 3.05) is 13.2 Å². The molecule has 0 heterocycles. The Balaban J connectivity index is 3.63. The zero-order valence-electron chi connectivity index (χ0n) is 10.0. The van der Waals surface area contributed by atoms with Gasteiger partial charge < -0.3 is 15.8 Å². The molecule has 0 rings (SSSR count). The molecule has 3 N–H and O–H groups in total. The lowest BCUT2D eigenvalue weighted by Crippen LogP contribution is -2.37. The summed E-state index contributed by atoms with van der Waals surface area (Å²) in [7, 11) is 0. The number of nitrogens with two attached hydrogens (primary N) is 1. The molecule has 0 aliphatic rings. The molecule has 1 amide bonds. The first-order valence-electron chi connectivity index (χ1n) is 5.56. The molecule has 0 aliphatic heterocycles. The molecule has 5 nitrogen and oxygen atoms in total. The van der Waals surface area contributed by atoms with E-state index in [9.17, 15) is 22.8 Å². The number of esters is 1. The van der Waals surface area contributed by atoms with Crippen LogP contribution >= 0.6 is 0 Å². The number of ether oxygens (including phenoxy) is 1. The van der Waals surface area contributed by atoms with Gasteiger partial charge in [0.25, 0.3) is 0 Å². The van der Waals surface area contributed by atoms with E-state index in [0.717, 1.165) is 0 Å². The summed E-state index contributed by atoms with van der Waals surface area (Å²) in [6.07, 6.45) is -3.81. The predicted molar refractivity (Wildman–Crippen MR) is 57.5 cm³/mol. The van der Waals surface area contributed by atoms with E-state index in [1.165, 1.54) is 0 Å². The lowest BCUT2D eigenvalue weighted by Gasteiger charge is -2.10. The standard InChI is InChI=1S/C10H17F3N2O3/c1-2-18-8(16)7(14)5-3-4-6-15-9(17)10(11,12)13/h7H,2-6,14H2,1H3,(H,15,17). The minimum atomic E-state index is -4.86. The van der Waals surface area contributed by atoms with Gasteiger partial charge >= 0.3 is 18.1 Å². The molecule has 8 heteroatoms. The number of halogens is 3. The van der Waals surface area contributed by atoms with Crippen LogP contribution in [0.25, 0.3) is 0 Å². The topological polar surface area (TPSA) is 81.4 Å². The summed E-state index contributed by atoms with van der Waals surface area (Å²) < 4.78 is 40.0. The smallest absolute Gasteiger partial charge is 0.465 e. The van der Waals surface area contributed by atoms with Crippen LogP contribution in [0.15, 0.2) is 0 Å². The lowest BCUT2D eigenvalue weighted by atomic mass is 10.1. The highest BCUT2D eigenvalue weighted by Gasteiger charge is 2.38. The van der Waals surface area contributed by atoms with Crippen molar-refractivity contribution in [1.82, 2.24) is 5.32 Å². The summed E-state index contributed by atoms with van der Waals surface area (Å²) in [6, 6.07) is -0.775. The van der Waals surface area contributed by atoms with Gasteiger partial charge in [0, 0.05) is 6.54 Å². The predicted octanol–water partition coefficient (Wildman–Crippen LogP) is 0.726. The number of carbonyl (C=O) groups excluding carboxylic acids is 2. The first kappa shape index (κ1) is 16.7. The van der Waals surface area contributed by atoms with Crippen LogP contribution in [0.3, 0.4) is 0 Å². The molecule has 18 heavy (non-hydrogen) atoms. The molecule has 106 valence electrons. The van der Waals surface area contributed by atoms with Crippen molar-refractivity contribution >= 4 is 11.9 Å². The molecule has 1 atom stereocenters. The third kappa shape index (κ3) is 7.10. The fourth-order valence-corrected chi connectivity index (χ4v) is 1.16. The van der Waals surface area contributed by atoms with Gasteiger partial charge in [-0.2, -0.15) is 13.2 Å². The highest BCUT2D eigenvalue weighted by atomic mass is 19.4. The van der Waals surface area contributed by atoms with E-state index in [1.807, 2.05) is 0 Å². The van der Waals surface area contributed by atoms with Gasteiger partial charge in [-0.25, -0.2) is 0 Å². The number of amides is 1. The molecule has 0 saturated heterocycles. The number of alkyl halides is 3. The summed E-state index contributed by atoms with van der Waals surface area (Å²) in [6.45, 7) is 1.78. The highest BCUT2D eigenvalue weighted by molar-refractivity contribution is 5.81. The van der Waals surface area contributed by atoms with Crippen molar-refractivity contribution in [2.24, 2.45) is 5.73 Å². The van der Waals surface area contributed by atoms with Gasteiger partial charge in [-0.15, -0.1) is 0 Å². The molecule has 0 radical (unpaired) electrons. The maximum absolute atomic E-state index is 11.8. The molecule has 0 fully saturated rings. The fourth-order valence-electron chi connectivity index (χ4n) is 1.16. The number of carbonyl (C=O) groups is 2. The lowest BCUT2D eigenvalue weighted by molar-refractivity contribution is -0.173. The number of hydrogen-bond acceptors (Lipinski definition) is 4. The second-order valence-electron chi connectivity index (χ2n) is 3.61. The van der Waals surface area contributed by atoms with Crippen LogP contribution in [-0.4, -0.2) is 37.2 Å². The van der Waals surface area contributed by atoms with Gasteiger partial charge in [0.1, 0.15) is 6.04 Å². The zero-order valence-corrected chi connectivity index (χ0v) is 10.0. The van der Waals surface area contributed by atoms with E-state index in [1.54, 1.807) is 12.2 Å². The Hall–Kier alpha value is -1.31.